The van der Waals surface area contributed by atoms with Crippen molar-refractivity contribution in [2.75, 3.05) is 13.7 Å². The number of benzene rings is 1. The molecule has 5 heteroatoms. The number of hydrogen-bond donors (Lipinski definition) is 0. The zero-order valence-electron chi connectivity index (χ0n) is 18.5. The summed E-state index contributed by atoms with van der Waals surface area (Å²) < 4.78 is 5.51. The molecule has 0 saturated heterocycles. The zero-order valence-corrected chi connectivity index (χ0v) is 18.5. The van der Waals surface area contributed by atoms with Crippen LogP contribution in [0.1, 0.15) is 23.2 Å². The summed E-state index contributed by atoms with van der Waals surface area (Å²) in [5, 5.41) is 0. The Morgan fingerprint density at radius 3 is 1.84 bits per heavy atom. The Balaban J connectivity index is 2.04. The molecular formula is C27H26BN3O. The first-order valence-electron chi connectivity index (χ1n) is 10.8. The molecule has 0 fully saturated rings. The molecule has 4 rings (SSSR count). The summed E-state index contributed by atoms with van der Waals surface area (Å²) in [6.45, 7) is 2.55. The normalized spacial score (nSPS) is 11.7. The summed E-state index contributed by atoms with van der Waals surface area (Å²) in [4.78, 5) is 14.2. The molecule has 32 heavy (non-hydrogen) atoms. The van der Waals surface area contributed by atoms with E-state index in [-0.39, 0.29) is 6.71 Å². The predicted molar refractivity (Wildman–Crippen MR) is 132 cm³/mol. The maximum Gasteiger partial charge on any atom is 0.290 e. The molecule has 0 atom stereocenters. The van der Waals surface area contributed by atoms with Gasteiger partial charge in [0.15, 0.2) is 0 Å². The monoisotopic (exact) mass is 419 g/mol. The van der Waals surface area contributed by atoms with Crippen LogP contribution in [0.3, 0.4) is 0 Å². The minimum atomic E-state index is -0.166. The summed E-state index contributed by atoms with van der Waals surface area (Å²) in [6.07, 6.45) is 6.26. The van der Waals surface area contributed by atoms with Crippen molar-refractivity contribution in [1.82, 2.24) is 15.0 Å². The van der Waals surface area contributed by atoms with E-state index in [1.807, 2.05) is 55.0 Å². The van der Waals surface area contributed by atoms with E-state index < -0.39 is 0 Å². The standard InChI is InChI=1S/C27H26BN3O/c1-21-12-14-22(15-13-21)23(16-20-32-2)27(24-9-3-6-17-29-24)28(25-10-4-7-18-30-25)26-11-5-8-19-31-26/h3-15,17-19H,16,20H2,1-2H3/b27-23+. The van der Waals surface area contributed by atoms with Gasteiger partial charge in [0, 0.05) is 36.9 Å². The van der Waals surface area contributed by atoms with Crippen LogP contribution in [0.4, 0.5) is 0 Å². The van der Waals surface area contributed by atoms with Crippen molar-refractivity contribution in [3.63, 3.8) is 0 Å². The van der Waals surface area contributed by atoms with Gasteiger partial charge in [0.25, 0.3) is 6.71 Å². The fourth-order valence-electron chi connectivity index (χ4n) is 3.93. The van der Waals surface area contributed by atoms with Crippen LogP contribution in [-0.4, -0.2) is 35.4 Å². The van der Waals surface area contributed by atoms with Crippen LogP contribution >= 0.6 is 0 Å². The second-order valence-corrected chi connectivity index (χ2v) is 7.66. The van der Waals surface area contributed by atoms with Gasteiger partial charge in [-0.25, -0.2) is 0 Å². The lowest BCUT2D eigenvalue weighted by molar-refractivity contribution is 0.206. The topological polar surface area (TPSA) is 47.9 Å². The van der Waals surface area contributed by atoms with Crippen LogP contribution in [0, 0.1) is 6.92 Å². The highest BCUT2D eigenvalue weighted by Gasteiger charge is 2.31. The number of nitrogens with zero attached hydrogens (tertiary/aromatic N) is 3. The summed E-state index contributed by atoms with van der Waals surface area (Å²) in [5.41, 5.74) is 7.47. The van der Waals surface area contributed by atoms with Gasteiger partial charge in [-0.1, -0.05) is 48.0 Å². The lowest BCUT2D eigenvalue weighted by Gasteiger charge is -2.22. The molecule has 1 aromatic carbocycles. The van der Waals surface area contributed by atoms with E-state index in [0.717, 1.165) is 34.3 Å². The molecule has 3 aromatic heterocycles. The average Bonchev–Trinajstić information content (AvgIpc) is 2.86. The van der Waals surface area contributed by atoms with Gasteiger partial charge in [0.1, 0.15) is 0 Å². The first kappa shape index (κ1) is 21.7. The van der Waals surface area contributed by atoms with Gasteiger partial charge in [-0.2, -0.15) is 0 Å². The Hall–Kier alpha value is -3.57. The fourth-order valence-corrected chi connectivity index (χ4v) is 3.93. The molecule has 0 N–H and O–H groups in total. The maximum absolute atomic E-state index is 5.51. The van der Waals surface area contributed by atoms with Crippen LogP contribution in [-0.2, 0) is 4.74 Å². The van der Waals surface area contributed by atoms with Crippen molar-refractivity contribution in [1.29, 1.82) is 0 Å². The van der Waals surface area contributed by atoms with Crippen molar-refractivity contribution in [2.24, 2.45) is 0 Å². The molecule has 4 nitrogen and oxygen atoms in total. The van der Waals surface area contributed by atoms with Gasteiger partial charge >= 0.3 is 0 Å². The molecule has 0 radical (unpaired) electrons. The molecule has 4 aromatic rings. The average molecular weight is 419 g/mol. The van der Waals surface area contributed by atoms with Gasteiger partial charge in [-0.15, -0.1) is 0 Å². The lowest BCUT2D eigenvalue weighted by Crippen LogP contribution is -2.47. The van der Waals surface area contributed by atoms with Gasteiger partial charge < -0.3 is 4.74 Å². The van der Waals surface area contributed by atoms with E-state index in [9.17, 15) is 0 Å². The second kappa shape index (κ2) is 10.6. The second-order valence-electron chi connectivity index (χ2n) is 7.66. The Bertz CT molecular complexity index is 1110. The Kier molecular flexibility index (Phi) is 7.21. The minimum Gasteiger partial charge on any atom is -0.384 e. The van der Waals surface area contributed by atoms with Crippen LogP contribution in [0.25, 0.3) is 11.0 Å². The van der Waals surface area contributed by atoms with E-state index in [0.29, 0.717) is 6.61 Å². The first-order chi connectivity index (χ1) is 15.8. The molecular weight excluding hydrogens is 393 g/mol. The molecule has 0 bridgehead atoms. The number of aromatic nitrogens is 3. The van der Waals surface area contributed by atoms with Gasteiger partial charge in [0.2, 0.25) is 0 Å². The summed E-state index contributed by atoms with van der Waals surface area (Å²) in [6, 6.07) is 26.7. The molecule has 0 unspecified atom stereocenters. The zero-order chi connectivity index (χ0) is 22.2. The van der Waals surface area contributed by atoms with E-state index in [2.05, 4.69) is 49.4 Å². The van der Waals surface area contributed by atoms with Crippen LogP contribution < -0.4 is 11.2 Å². The van der Waals surface area contributed by atoms with E-state index in [1.54, 1.807) is 7.11 Å². The minimum absolute atomic E-state index is 0.166. The van der Waals surface area contributed by atoms with Crippen molar-refractivity contribution >= 4 is 28.9 Å². The number of hydrogen-bond acceptors (Lipinski definition) is 4. The van der Waals surface area contributed by atoms with Crippen LogP contribution in [0.5, 0.6) is 0 Å². The molecule has 0 spiro atoms. The highest BCUT2D eigenvalue weighted by molar-refractivity contribution is 6.99. The third-order valence-corrected chi connectivity index (χ3v) is 5.48. The van der Waals surface area contributed by atoms with Crippen molar-refractivity contribution in [2.45, 2.75) is 13.3 Å². The highest BCUT2D eigenvalue weighted by atomic mass is 16.5. The van der Waals surface area contributed by atoms with Crippen LogP contribution in [0.15, 0.2) is 97.5 Å². The van der Waals surface area contributed by atoms with Gasteiger partial charge in [-0.05, 0) is 66.4 Å². The summed E-state index contributed by atoms with van der Waals surface area (Å²) in [7, 11) is 1.74. The summed E-state index contributed by atoms with van der Waals surface area (Å²) >= 11 is 0. The summed E-state index contributed by atoms with van der Waals surface area (Å²) in [5.74, 6) is 0. The van der Waals surface area contributed by atoms with Crippen LogP contribution in [0.2, 0.25) is 0 Å². The fraction of sp³-hybridized carbons (Fsp3) is 0.148. The molecule has 0 aliphatic carbocycles. The van der Waals surface area contributed by atoms with E-state index in [1.165, 1.54) is 11.1 Å². The number of ether oxygens (including phenoxy) is 1. The molecule has 0 aliphatic heterocycles. The third kappa shape index (κ3) is 5.01. The van der Waals surface area contributed by atoms with Gasteiger partial charge in [-0.3, -0.25) is 15.0 Å². The van der Waals surface area contributed by atoms with E-state index >= 15 is 0 Å². The largest absolute Gasteiger partial charge is 0.384 e. The SMILES string of the molecule is COCC/C(=C(\B(c1ccccn1)c1ccccn1)c1ccccn1)c1ccc(C)cc1. The Morgan fingerprint density at radius 1 is 0.750 bits per heavy atom. The van der Waals surface area contributed by atoms with Crippen molar-refractivity contribution < 1.29 is 4.74 Å². The van der Waals surface area contributed by atoms with Crippen molar-refractivity contribution in [3.05, 3.63) is 114 Å². The quantitative estimate of drug-likeness (QED) is 0.406. The number of pyridine rings is 3. The molecule has 158 valence electrons. The first-order valence-corrected chi connectivity index (χ1v) is 10.8. The Morgan fingerprint density at radius 2 is 1.34 bits per heavy atom. The number of rotatable bonds is 8. The van der Waals surface area contributed by atoms with Crippen molar-refractivity contribution in [3.8, 4) is 0 Å². The molecule has 0 saturated carbocycles. The number of methoxy groups -OCH3 is 1. The molecule has 3 heterocycles. The predicted octanol–water partition coefficient (Wildman–Crippen LogP) is 3.98. The Labute approximate surface area is 190 Å². The molecule has 0 aliphatic rings. The van der Waals surface area contributed by atoms with Gasteiger partial charge in [0.05, 0.1) is 12.3 Å². The number of aryl methyl sites for hydroxylation is 1. The van der Waals surface area contributed by atoms with E-state index in [4.69, 9.17) is 19.7 Å². The highest BCUT2D eigenvalue weighted by Crippen LogP contribution is 2.30. The smallest absolute Gasteiger partial charge is 0.290 e. The lowest BCUT2D eigenvalue weighted by atomic mass is 9.37. The maximum atomic E-state index is 5.51. The molecule has 0 amide bonds. The third-order valence-electron chi connectivity index (χ3n) is 5.48.